The lowest BCUT2D eigenvalue weighted by atomic mass is 10.2. The molecular weight excluding hydrogens is 322 g/mol. The lowest BCUT2D eigenvalue weighted by Crippen LogP contribution is -2.46. The highest BCUT2D eigenvalue weighted by molar-refractivity contribution is 7.89. The molecule has 5 nitrogen and oxygen atoms in total. The average molecular weight is 345 g/mol. The van der Waals surface area contributed by atoms with Crippen LogP contribution in [-0.2, 0) is 16.6 Å². The first-order valence-corrected chi connectivity index (χ1v) is 9.62. The number of nitrogens with one attached hydrogen (secondary N) is 1. The van der Waals surface area contributed by atoms with Crippen LogP contribution in [0.5, 0.6) is 0 Å². The molecule has 0 spiro atoms. The number of para-hydroxylation sites is 1. The van der Waals surface area contributed by atoms with Crippen LogP contribution in [0.25, 0.3) is 0 Å². The highest BCUT2D eigenvalue weighted by Crippen LogP contribution is 2.26. The van der Waals surface area contributed by atoms with Crippen molar-refractivity contribution in [3.63, 3.8) is 0 Å². The lowest BCUT2D eigenvalue weighted by Gasteiger charge is -2.36. The van der Waals surface area contributed by atoms with E-state index in [1.165, 1.54) is 12.6 Å². The van der Waals surface area contributed by atoms with Crippen molar-refractivity contribution >= 4 is 15.7 Å². The van der Waals surface area contributed by atoms with Gasteiger partial charge in [0, 0.05) is 32.7 Å². The highest BCUT2D eigenvalue weighted by atomic mass is 32.2. The molecule has 1 N–H and O–H groups in total. The third-order valence-electron chi connectivity index (χ3n) is 4.39. The maximum atomic E-state index is 12.2. The lowest BCUT2D eigenvalue weighted by molar-refractivity contribution is 0.249. The number of hydrogen-bond acceptors (Lipinski definition) is 4. The molecule has 0 radical (unpaired) electrons. The summed E-state index contributed by atoms with van der Waals surface area (Å²) >= 11 is 0. The molecule has 1 aliphatic heterocycles. The summed E-state index contributed by atoms with van der Waals surface area (Å²) in [6.07, 6.45) is 0. The third kappa shape index (κ3) is 3.77. The Morgan fingerprint density at radius 2 is 1.54 bits per heavy atom. The molecule has 0 saturated carbocycles. The first kappa shape index (κ1) is 17.0. The van der Waals surface area contributed by atoms with E-state index >= 15 is 0 Å². The van der Waals surface area contributed by atoms with Crippen LogP contribution in [-0.4, -0.2) is 46.5 Å². The number of rotatable bonds is 5. The van der Waals surface area contributed by atoms with E-state index in [1.807, 2.05) is 18.2 Å². The van der Waals surface area contributed by atoms with Gasteiger partial charge in [-0.05, 0) is 24.7 Å². The molecule has 128 valence electrons. The van der Waals surface area contributed by atoms with Crippen LogP contribution in [0, 0.1) is 0 Å². The molecular formula is C18H23N3O2S. The number of piperazine rings is 1. The van der Waals surface area contributed by atoms with E-state index in [-0.39, 0.29) is 0 Å². The van der Waals surface area contributed by atoms with Gasteiger partial charge in [0.25, 0.3) is 0 Å². The minimum absolute atomic E-state index is 0.351. The molecule has 0 unspecified atom stereocenters. The van der Waals surface area contributed by atoms with Crippen LogP contribution in [0.4, 0.5) is 5.69 Å². The fraction of sp³-hybridized carbons (Fsp3) is 0.333. The highest BCUT2D eigenvalue weighted by Gasteiger charge is 2.23. The molecule has 3 rings (SSSR count). The number of sulfonamides is 1. The molecule has 1 heterocycles. The second-order valence-corrected chi connectivity index (χ2v) is 7.78. The van der Waals surface area contributed by atoms with Gasteiger partial charge in [0.15, 0.2) is 0 Å². The average Bonchev–Trinajstić information content (AvgIpc) is 2.63. The van der Waals surface area contributed by atoms with Crippen LogP contribution in [0.15, 0.2) is 59.5 Å². The number of anilines is 1. The fourth-order valence-corrected chi connectivity index (χ4v) is 3.99. The Kier molecular flexibility index (Phi) is 5.18. The Morgan fingerprint density at radius 3 is 2.21 bits per heavy atom. The molecule has 0 aliphatic carbocycles. The van der Waals surface area contributed by atoms with Gasteiger partial charge < -0.3 is 4.90 Å². The Bertz CT molecular complexity index is 770. The van der Waals surface area contributed by atoms with Gasteiger partial charge in [-0.2, -0.15) is 0 Å². The molecule has 24 heavy (non-hydrogen) atoms. The van der Waals surface area contributed by atoms with Gasteiger partial charge in [-0.25, -0.2) is 13.1 Å². The van der Waals surface area contributed by atoms with Crippen molar-refractivity contribution in [3.8, 4) is 0 Å². The summed E-state index contributed by atoms with van der Waals surface area (Å²) in [6.45, 7) is 4.42. The molecule has 1 fully saturated rings. The normalized spacial score (nSPS) is 16.3. The van der Waals surface area contributed by atoms with Crippen LogP contribution in [0.2, 0.25) is 0 Å². The summed E-state index contributed by atoms with van der Waals surface area (Å²) in [5, 5.41) is 0. The minimum atomic E-state index is -3.45. The van der Waals surface area contributed by atoms with Crippen molar-refractivity contribution in [2.24, 2.45) is 0 Å². The smallest absolute Gasteiger partial charge is 0.242 e. The van der Waals surface area contributed by atoms with Gasteiger partial charge in [-0.1, -0.05) is 42.5 Å². The van der Waals surface area contributed by atoms with Gasteiger partial charge in [-0.15, -0.1) is 0 Å². The summed E-state index contributed by atoms with van der Waals surface area (Å²) in [5.41, 5.74) is 2.09. The molecule has 0 amide bonds. The summed E-state index contributed by atoms with van der Waals surface area (Å²) in [5.74, 6) is 0. The Morgan fingerprint density at radius 1 is 0.917 bits per heavy atom. The van der Waals surface area contributed by atoms with E-state index in [0.29, 0.717) is 4.90 Å². The monoisotopic (exact) mass is 345 g/mol. The molecule has 0 aromatic heterocycles. The zero-order valence-corrected chi connectivity index (χ0v) is 14.7. The topological polar surface area (TPSA) is 52.7 Å². The third-order valence-corrected chi connectivity index (χ3v) is 5.85. The Hall–Kier alpha value is -1.89. The van der Waals surface area contributed by atoms with Crippen LogP contribution < -0.4 is 9.62 Å². The predicted octanol–water partition coefficient (Wildman–Crippen LogP) is 1.92. The van der Waals surface area contributed by atoms with Crippen molar-refractivity contribution in [1.29, 1.82) is 0 Å². The van der Waals surface area contributed by atoms with Crippen LogP contribution >= 0.6 is 0 Å². The molecule has 2 aromatic carbocycles. The first-order valence-electron chi connectivity index (χ1n) is 8.14. The number of benzene rings is 2. The van der Waals surface area contributed by atoms with E-state index in [4.69, 9.17) is 0 Å². The summed E-state index contributed by atoms with van der Waals surface area (Å²) in [7, 11) is -2.00. The van der Waals surface area contributed by atoms with E-state index in [9.17, 15) is 8.42 Å². The van der Waals surface area contributed by atoms with Crippen molar-refractivity contribution in [2.45, 2.75) is 11.4 Å². The molecule has 6 heteroatoms. The number of nitrogens with zero attached hydrogens (tertiary/aromatic N) is 2. The van der Waals surface area contributed by atoms with Crippen molar-refractivity contribution in [1.82, 2.24) is 9.62 Å². The van der Waals surface area contributed by atoms with E-state index in [0.717, 1.165) is 38.4 Å². The summed E-state index contributed by atoms with van der Waals surface area (Å²) < 4.78 is 26.9. The molecule has 0 bridgehead atoms. The van der Waals surface area contributed by atoms with Gasteiger partial charge in [0.1, 0.15) is 4.90 Å². The Balaban J connectivity index is 1.69. The zero-order chi connectivity index (χ0) is 17.0. The molecule has 1 saturated heterocycles. The van der Waals surface area contributed by atoms with Crippen molar-refractivity contribution in [3.05, 3.63) is 60.2 Å². The zero-order valence-electron chi connectivity index (χ0n) is 13.9. The van der Waals surface area contributed by atoms with Crippen LogP contribution in [0.3, 0.4) is 0 Å². The summed E-state index contributed by atoms with van der Waals surface area (Å²) in [6, 6.07) is 17.6. The van der Waals surface area contributed by atoms with Crippen molar-refractivity contribution < 1.29 is 8.42 Å². The van der Waals surface area contributed by atoms with Gasteiger partial charge in [0.05, 0.1) is 5.69 Å². The Labute approximate surface area is 144 Å². The van der Waals surface area contributed by atoms with Gasteiger partial charge in [0.2, 0.25) is 10.0 Å². The first-order chi connectivity index (χ1) is 11.6. The van der Waals surface area contributed by atoms with Gasteiger partial charge >= 0.3 is 0 Å². The largest absolute Gasteiger partial charge is 0.368 e. The maximum Gasteiger partial charge on any atom is 0.242 e. The maximum absolute atomic E-state index is 12.2. The van der Waals surface area contributed by atoms with Crippen molar-refractivity contribution in [2.75, 3.05) is 38.1 Å². The number of hydrogen-bond donors (Lipinski definition) is 1. The molecule has 2 aromatic rings. The van der Waals surface area contributed by atoms with Gasteiger partial charge in [-0.3, -0.25) is 4.90 Å². The van der Waals surface area contributed by atoms with E-state index < -0.39 is 10.0 Å². The molecule has 0 atom stereocenters. The summed E-state index contributed by atoms with van der Waals surface area (Å²) in [4.78, 5) is 4.91. The minimum Gasteiger partial charge on any atom is -0.368 e. The molecule has 1 aliphatic rings. The standard InChI is InChI=1S/C18H23N3O2S/c1-19-24(22,23)18-10-6-5-9-17(18)21-13-11-20(12-14-21)15-16-7-3-2-4-8-16/h2-10,19H,11-15H2,1H3. The second-order valence-electron chi connectivity index (χ2n) is 5.92. The quantitative estimate of drug-likeness (QED) is 0.899. The second kappa shape index (κ2) is 7.34. The fourth-order valence-electron chi connectivity index (χ4n) is 3.04. The van der Waals surface area contributed by atoms with E-state index in [1.54, 1.807) is 12.1 Å². The van der Waals surface area contributed by atoms with E-state index in [2.05, 4.69) is 38.8 Å². The SMILES string of the molecule is CNS(=O)(=O)c1ccccc1N1CCN(Cc2ccccc2)CC1. The predicted molar refractivity (Wildman–Crippen MR) is 96.6 cm³/mol. The van der Waals surface area contributed by atoms with Crippen LogP contribution in [0.1, 0.15) is 5.56 Å².